The van der Waals surface area contributed by atoms with Gasteiger partial charge in [-0.2, -0.15) is 0 Å². The lowest BCUT2D eigenvalue weighted by molar-refractivity contribution is -0.164. The van der Waals surface area contributed by atoms with Crippen molar-refractivity contribution in [3.63, 3.8) is 0 Å². The molecule has 0 N–H and O–H groups in total. The quantitative estimate of drug-likeness (QED) is 0.788. The Kier molecular flexibility index (Phi) is 4.99. The molecule has 0 spiro atoms. The molecule has 0 saturated heterocycles. The molecule has 2 aromatic carbocycles. The first-order valence-electron chi connectivity index (χ1n) is 6.69. The minimum atomic E-state index is -1.29. The van der Waals surface area contributed by atoms with Crippen LogP contribution in [-0.4, -0.2) is 19.7 Å². The molecule has 0 aromatic heterocycles. The molecule has 0 fully saturated rings. The molecule has 1 atom stereocenters. The maximum Gasteiger partial charge on any atom is 0.347 e. The van der Waals surface area contributed by atoms with Crippen molar-refractivity contribution in [1.29, 1.82) is 0 Å². The van der Waals surface area contributed by atoms with Gasteiger partial charge in [-0.1, -0.05) is 54.1 Å². The van der Waals surface area contributed by atoms with Crippen molar-refractivity contribution in [1.82, 2.24) is 0 Å². The van der Waals surface area contributed by atoms with Crippen LogP contribution in [0.4, 0.5) is 0 Å². The Balaban J connectivity index is 2.62. The predicted octanol–water partition coefficient (Wildman–Crippen LogP) is 3.79. The monoisotopic (exact) mass is 304 g/mol. The van der Waals surface area contributed by atoms with Crippen LogP contribution in [0.1, 0.15) is 18.1 Å². The number of halogens is 1. The summed E-state index contributed by atoms with van der Waals surface area (Å²) < 4.78 is 10.9. The van der Waals surface area contributed by atoms with Gasteiger partial charge in [-0.15, -0.1) is 0 Å². The topological polar surface area (TPSA) is 35.5 Å². The van der Waals surface area contributed by atoms with Gasteiger partial charge in [0.25, 0.3) is 0 Å². The van der Waals surface area contributed by atoms with Gasteiger partial charge >= 0.3 is 5.97 Å². The third-order valence-corrected chi connectivity index (χ3v) is 3.55. The van der Waals surface area contributed by atoms with E-state index in [1.807, 2.05) is 30.3 Å². The van der Waals surface area contributed by atoms with E-state index in [0.29, 0.717) is 16.1 Å². The number of esters is 1. The molecule has 0 saturated carbocycles. The second-order valence-electron chi connectivity index (χ2n) is 4.48. The average Bonchev–Trinajstić information content (AvgIpc) is 2.52. The maximum absolute atomic E-state index is 12.6. The van der Waals surface area contributed by atoms with Crippen LogP contribution in [0.5, 0.6) is 0 Å². The minimum absolute atomic E-state index is 0.282. The lowest BCUT2D eigenvalue weighted by atomic mass is 9.86. The molecule has 21 heavy (non-hydrogen) atoms. The highest BCUT2D eigenvalue weighted by Crippen LogP contribution is 2.35. The van der Waals surface area contributed by atoms with Crippen LogP contribution >= 0.6 is 11.6 Å². The average molecular weight is 305 g/mol. The molecule has 3 nitrogen and oxygen atoms in total. The summed E-state index contributed by atoms with van der Waals surface area (Å²) in [7, 11) is 1.50. The smallest absolute Gasteiger partial charge is 0.347 e. The normalized spacial score (nSPS) is 13.5. The van der Waals surface area contributed by atoms with Crippen LogP contribution in [0, 0.1) is 0 Å². The van der Waals surface area contributed by atoms with E-state index in [1.54, 1.807) is 31.2 Å². The highest BCUT2D eigenvalue weighted by atomic mass is 35.5. The Labute approximate surface area is 129 Å². The van der Waals surface area contributed by atoms with E-state index < -0.39 is 11.6 Å². The van der Waals surface area contributed by atoms with Crippen LogP contribution < -0.4 is 0 Å². The van der Waals surface area contributed by atoms with Crippen LogP contribution in [0.25, 0.3) is 0 Å². The highest BCUT2D eigenvalue weighted by Gasteiger charge is 2.44. The molecule has 2 rings (SSSR count). The van der Waals surface area contributed by atoms with Crippen molar-refractivity contribution in [2.45, 2.75) is 12.5 Å². The molecule has 0 aliphatic heterocycles. The predicted molar refractivity (Wildman–Crippen MR) is 82.3 cm³/mol. The molecule has 1 unspecified atom stereocenters. The van der Waals surface area contributed by atoms with Gasteiger partial charge in [0.15, 0.2) is 0 Å². The Bertz CT molecular complexity index is 595. The Morgan fingerprint density at radius 3 is 2.14 bits per heavy atom. The molecular formula is C17H17ClO3. The first-order valence-corrected chi connectivity index (χ1v) is 7.07. The van der Waals surface area contributed by atoms with Gasteiger partial charge in [0.2, 0.25) is 5.60 Å². The van der Waals surface area contributed by atoms with Gasteiger partial charge in [-0.25, -0.2) is 4.79 Å². The summed E-state index contributed by atoms with van der Waals surface area (Å²) in [6.07, 6.45) is 0. The summed E-state index contributed by atoms with van der Waals surface area (Å²) >= 11 is 5.93. The van der Waals surface area contributed by atoms with Crippen molar-refractivity contribution in [3.05, 3.63) is 70.7 Å². The van der Waals surface area contributed by atoms with Gasteiger partial charge in [0.05, 0.1) is 6.61 Å². The second-order valence-corrected chi connectivity index (χ2v) is 4.92. The van der Waals surface area contributed by atoms with Crippen molar-refractivity contribution >= 4 is 17.6 Å². The molecule has 110 valence electrons. The fourth-order valence-corrected chi connectivity index (χ4v) is 2.44. The third kappa shape index (κ3) is 2.94. The number of carbonyl (C=O) groups is 1. The van der Waals surface area contributed by atoms with Crippen LogP contribution in [-0.2, 0) is 19.9 Å². The number of rotatable bonds is 5. The molecule has 0 bridgehead atoms. The van der Waals surface area contributed by atoms with E-state index in [9.17, 15) is 4.79 Å². The maximum atomic E-state index is 12.6. The van der Waals surface area contributed by atoms with E-state index in [-0.39, 0.29) is 6.61 Å². The minimum Gasteiger partial charge on any atom is -0.463 e. The number of carbonyl (C=O) groups excluding carboxylic acids is 1. The summed E-state index contributed by atoms with van der Waals surface area (Å²) in [5, 5.41) is 0.598. The van der Waals surface area contributed by atoms with E-state index in [4.69, 9.17) is 21.1 Å². The molecule has 0 aliphatic rings. The van der Waals surface area contributed by atoms with Gasteiger partial charge in [-0.3, -0.25) is 0 Å². The Morgan fingerprint density at radius 2 is 1.62 bits per heavy atom. The second kappa shape index (κ2) is 6.74. The molecular weight excluding hydrogens is 288 g/mol. The van der Waals surface area contributed by atoms with E-state index in [1.165, 1.54) is 7.11 Å². The van der Waals surface area contributed by atoms with E-state index in [2.05, 4.69) is 0 Å². The Hall–Kier alpha value is -1.84. The van der Waals surface area contributed by atoms with Crippen molar-refractivity contribution < 1.29 is 14.3 Å². The lowest BCUT2D eigenvalue weighted by Gasteiger charge is -2.31. The van der Waals surface area contributed by atoms with Gasteiger partial charge in [0, 0.05) is 12.1 Å². The third-order valence-electron chi connectivity index (χ3n) is 3.30. The van der Waals surface area contributed by atoms with Crippen LogP contribution in [0.15, 0.2) is 54.6 Å². The summed E-state index contributed by atoms with van der Waals surface area (Å²) in [6, 6.07) is 16.3. The number of hydrogen-bond acceptors (Lipinski definition) is 3. The SMILES string of the molecule is CCOC(=O)C(OC)(c1ccccc1)c1ccc(Cl)cc1. The summed E-state index contributed by atoms with van der Waals surface area (Å²) in [5.74, 6) is -0.443. The molecule has 0 aliphatic carbocycles. The van der Waals surface area contributed by atoms with Gasteiger partial charge in [0.1, 0.15) is 0 Å². The zero-order chi connectivity index (χ0) is 15.3. The fourth-order valence-electron chi connectivity index (χ4n) is 2.31. The lowest BCUT2D eigenvalue weighted by Crippen LogP contribution is -2.40. The molecule has 0 amide bonds. The van der Waals surface area contributed by atoms with Crippen molar-refractivity contribution in [2.24, 2.45) is 0 Å². The highest BCUT2D eigenvalue weighted by molar-refractivity contribution is 6.30. The molecule has 2 aromatic rings. The summed E-state index contributed by atoms with van der Waals surface area (Å²) in [4.78, 5) is 12.6. The number of hydrogen-bond donors (Lipinski definition) is 0. The Morgan fingerprint density at radius 1 is 1.05 bits per heavy atom. The molecule has 0 heterocycles. The van der Waals surface area contributed by atoms with E-state index >= 15 is 0 Å². The zero-order valence-electron chi connectivity index (χ0n) is 12.0. The van der Waals surface area contributed by atoms with Crippen molar-refractivity contribution in [3.8, 4) is 0 Å². The van der Waals surface area contributed by atoms with Crippen LogP contribution in [0.3, 0.4) is 0 Å². The van der Waals surface area contributed by atoms with Gasteiger partial charge in [-0.05, 0) is 30.2 Å². The molecule has 4 heteroatoms. The standard InChI is InChI=1S/C17H17ClO3/c1-3-21-16(19)17(20-2,13-7-5-4-6-8-13)14-9-11-15(18)12-10-14/h4-12H,3H2,1-2H3. The fraction of sp³-hybridized carbons (Fsp3) is 0.235. The summed E-state index contributed by atoms with van der Waals surface area (Å²) in [6.45, 7) is 2.05. The number of ether oxygens (including phenoxy) is 2. The van der Waals surface area contributed by atoms with Gasteiger partial charge < -0.3 is 9.47 Å². The number of benzene rings is 2. The van der Waals surface area contributed by atoms with Crippen molar-refractivity contribution in [2.75, 3.05) is 13.7 Å². The van der Waals surface area contributed by atoms with Crippen LogP contribution in [0.2, 0.25) is 5.02 Å². The molecule has 0 radical (unpaired) electrons. The first-order chi connectivity index (χ1) is 10.1. The van der Waals surface area contributed by atoms with E-state index in [0.717, 1.165) is 0 Å². The summed E-state index contributed by atoms with van der Waals surface area (Å²) in [5.41, 5.74) is 0.106. The number of methoxy groups -OCH3 is 1. The first kappa shape index (κ1) is 15.5. The zero-order valence-corrected chi connectivity index (χ0v) is 12.8. The largest absolute Gasteiger partial charge is 0.463 e.